The summed E-state index contributed by atoms with van der Waals surface area (Å²) >= 11 is 11.8. The van der Waals surface area contributed by atoms with Crippen LogP contribution in [0.5, 0.6) is 6.01 Å². The summed E-state index contributed by atoms with van der Waals surface area (Å²) in [7, 11) is -2.15. The monoisotopic (exact) mass is 470 g/mol. The summed E-state index contributed by atoms with van der Waals surface area (Å²) < 4.78 is 30.0. The number of hydrogen-bond donors (Lipinski definition) is 1. The Kier molecular flexibility index (Phi) is 6.25. The molecule has 0 radical (unpaired) electrons. The third-order valence-electron chi connectivity index (χ3n) is 3.89. The Morgan fingerprint density at radius 1 is 1.17 bits per heavy atom. The quantitative estimate of drug-likeness (QED) is 0.580. The number of methoxy groups -OCH3 is 1. The molecule has 30 heavy (non-hydrogen) atoms. The Labute approximate surface area is 182 Å². The summed E-state index contributed by atoms with van der Waals surface area (Å²) in [6.45, 7) is 1.66. The lowest BCUT2D eigenvalue weighted by atomic mass is 10.2. The summed E-state index contributed by atoms with van der Waals surface area (Å²) in [5.41, 5.74) is 0.0792. The number of halogens is 2. The number of carbonyl (C=O) groups is 1. The molecule has 3 aromatic rings. The van der Waals surface area contributed by atoms with Gasteiger partial charge in [-0.15, -0.1) is 5.10 Å². The van der Waals surface area contributed by atoms with Crippen LogP contribution < -0.4 is 10.1 Å². The molecule has 10 nitrogen and oxygen atoms in total. The molecule has 3 rings (SSSR count). The molecular formula is C17H16Cl2N6O4S. The predicted octanol–water partition coefficient (Wildman–Crippen LogP) is 2.27. The fourth-order valence-corrected chi connectivity index (χ4v) is 3.57. The van der Waals surface area contributed by atoms with Crippen molar-refractivity contribution in [2.45, 2.75) is 17.9 Å². The topological polar surface area (TPSA) is 129 Å². The van der Waals surface area contributed by atoms with Gasteiger partial charge in [0.05, 0.1) is 35.5 Å². The van der Waals surface area contributed by atoms with E-state index in [0.717, 1.165) is 6.26 Å². The third kappa shape index (κ3) is 4.86. The average molecular weight is 471 g/mol. The molecule has 0 aliphatic carbocycles. The van der Waals surface area contributed by atoms with Gasteiger partial charge < -0.3 is 10.1 Å². The summed E-state index contributed by atoms with van der Waals surface area (Å²) in [4.78, 5) is 25.1. The van der Waals surface area contributed by atoms with Crippen LogP contribution in [0.2, 0.25) is 10.0 Å². The third-order valence-corrected chi connectivity index (χ3v) is 5.39. The Balaban J connectivity index is 1.92. The number of aromatic nitrogens is 5. The SMILES string of the molecule is COc1nc([C@H](C)NC(=O)c2cc(Cl)cc(S(C)(=O)=O)c2)n(-c2ncc(Cl)cn2)n1. The zero-order valence-electron chi connectivity index (χ0n) is 16.0. The highest BCUT2D eigenvalue weighted by molar-refractivity contribution is 7.90. The van der Waals surface area contributed by atoms with Gasteiger partial charge in [0.15, 0.2) is 15.7 Å². The maximum Gasteiger partial charge on any atom is 0.335 e. The molecule has 0 unspecified atom stereocenters. The fourth-order valence-electron chi connectivity index (χ4n) is 2.49. The van der Waals surface area contributed by atoms with Gasteiger partial charge in [-0.3, -0.25) is 4.79 Å². The standard InChI is InChI=1S/C17H16Cl2N6O4S/c1-9(22-15(26)10-4-11(18)6-13(5-10)30(3,27)28)14-23-17(29-2)24-25(14)16-20-7-12(19)8-21-16/h4-9H,1-3H3,(H,22,26)/t9-/m0/s1. The molecule has 0 saturated heterocycles. The number of amides is 1. The first-order valence-corrected chi connectivity index (χ1v) is 11.0. The summed E-state index contributed by atoms with van der Waals surface area (Å²) in [5, 5.41) is 7.34. The Morgan fingerprint density at radius 3 is 2.43 bits per heavy atom. The summed E-state index contributed by atoms with van der Waals surface area (Å²) in [5.74, 6) is -0.0956. The van der Waals surface area contributed by atoms with Crippen molar-refractivity contribution in [3.8, 4) is 12.0 Å². The molecule has 0 spiro atoms. The van der Waals surface area contributed by atoms with Crippen LogP contribution in [-0.4, -0.2) is 52.4 Å². The van der Waals surface area contributed by atoms with Crippen LogP contribution in [0.1, 0.15) is 29.1 Å². The zero-order valence-corrected chi connectivity index (χ0v) is 18.3. The van der Waals surface area contributed by atoms with E-state index in [9.17, 15) is 13.2 Å². The number of rotatable bonds is 6. The number of hydrogen-bond acceptors (Lipinski definition) is 8. The number of benzene rings is 1. The molecule has 1 amide bonds. The van der Waals surface area contributed by atoms with Crippen molar-refractivity contribution in [2.24, 2.45) is 0 Å². The fraction of sp³-hybridized carbons (Fsp3) is 0.235. The van der Waals surface area contributed by atoms with Gasteiger partial charge >= 0.3 is 6.01 Å². The van der Waals surface area contributed by atoms with E-state index in [1.165, 1.54) is 42.4 Å². The molecule has 0 fully saturated rings. The number of carbonyl (C=O) groups excluding carboxylic acids is 1. The molecule has 0 bridgehead atoms. The maximum atomic E-state index is 12.7. The van der Waals surface area contributed by atoms with Gasteiger partial charge in [0, 0.05) is 16.8 Å². The number of ether oxygens (including phenoxy) is 1. The first-order valence-electron chi connectivity index (χ1n) is 8.39. The second kappa shape index (κ2) is 8.54. The highest BCUT2D eigenvalue weighted by Gasteiger charge is 2.22. The van der Waals surface area contributed by atoms with Crippen LogP contribution >= 0.6 is 23.2 Å². The second-order valence-corrected chi connectivity index (χ2v) is 9.10. The average Bonchev–Trinajstić information content (AvgIpc) is 3.12. The largest absolute Gasteiger partial charge is 0.466 e. The Morgan fingerprint density at radius 2 is 1.83 bits per heavy atom. The lowest BCUT2D eigenvalue weighted by Gasteiger charge is -2.14. The smallest absolute Gasteiger partial charge is 0.335 e. The molecule has 1 atom stereocenters. The first kappa shape index (κ1) is 21.9. The van der Waals surface area contributed by atoms with Gasteiger partial charge in [0.2, 0.25) is 0 Å². The van der Waals surface area contributed by atoms with Gasteiger partial charge in [-0.05, 0) is 25.1 Å². The van der Waals surface area contributed by atoms with Crippen LogP contribution in [0.4, 0.5) is 0 Å². The van der Waals surface area contributed by atoms with Gasteiger partial charge in [0.25, 0.3) is 11.9 Å². The van der Waals surface area contributed by atoms with Crippen LogP contribution in [-0.2, 0) is 9.84 Å². The van der Waals surface area contributed by atoms with Crippen molar-refractivity contribution < 1.29 is 17.9 Å². The lowest BCUT2D eigenvalue weighted by Crippen LogP contribution is -2.29. The molecule has 1 aromatic carbocycles. The maximum absolute atomic E-state index is 12.7. The number of sulfone groups is 1. The van der Waals surface area contributed by atoms with Gasteiger partial charge in [-0.2, -0.15) is 9.67 Å². The second-order valence-electron chi connectivity index (χ2n) is 6.21. The van der Waals surface area contributed by atoms with Crippen molar-refractivity contribution in [3.05, 3.63) is 52.0 Å². The molecule has 2 heterocycles. The van der Waals surface area contributed by atoms with E-state index >= 15 is 0 Å². The van der Waals surface area contributed by atoms with Crippen molar-refractivity contribution in [1.82, 2.24) is 30.0 Å². The van der Waals surface area contributed by atoms with Gasteiger partial charge in [-0.1, -0.05) is 23.2 Å². The van der Waals surface area contributed by atoms with E-state index in [2.05, 4.69) is 25.4 Å². The molecule has 0 aliphatic rings. The Hall–Kier alpha value is -2.76. The normalized spacial score (nSPS) is 12.4. The highest BCUT2D eigenvalue weighted by atomic mass is 35.5. The Bertz CT molecular complexity index is 1200. The molecule has 0 saturated carbocycles. The van der Waals surface area contributed by atoms with E-state index in [1.54, 1.807) is 6.92 Å². The van der Waals surface area contributed by atoms with Crippen LogP contribution in [0.3, 0.4) is 0 Å². The van der Waals surface area contributed by atoms with Crippen LogP contribution in [0, 0.1) is 0 Å². The van der Waals surface area contributed by atoms with E-state index < -0.39 is 21.8 Å². The molecule has 2 aromatic heterocycles. The van der Waals surface area contributed by atoms with Gasteiger partial charge in [0.1, 0.15) is 0 Å². The number of nitrogens with one attached hydrogen (secondary N) is 1. The predicted molar refractivity (Wildman–Crippen MR) is 109 cm³/mol. The molecule has 13 heteroatoms. The molecule has 158 valence electrons. The first-order chi connectivity index (χ1) is 14.1. The van der Waals surface area contributed by atoms with E-state index in [0.29, 0.717) is 5.02 Å². The zero-order chi connectivity index (χ0) is 22.1. The van der Waals surface area contributed by atoms with Crippen LogP contribution in [0.25, 0.3) is 5.95 Å². The summed E-state index contributed by atoms with van der Waals surface area (Å²) in [6, 6.07) is 3.26. The van der Waals surface area contributed by atoms with Crippen LogP contribution in [0.15, 0.2) is 35.5 Å². The van der Waals surface area contributed by atoms with E-state index in [-0.39, 0.29) is 33.3 Å². The summed E-state index contributed by atoms with van der Waals surface area (Å²) in [6.07, 6.45) is 3.82. The van der Waals surface area contributed by atoms with E-state index in [1.807, 2.05) is 0 Å². The van der Waals surface area contributed by atoms with Gasteiger partial charge in [-0.25, -0.2) is 18.4 Å². The van der Waals surface area contributed by atoms with Crippen molar-refractivity contribution in [3.63, 3.8) is 0 Å². The highest BCUT2D eigenvalue weighted by Crippen LogP contribution is 2.21. The van der Waals surface area contributed by atoms with E-state index in [4.69, 9.17) is 27.9 Å². The minimum atomic E-state index is -3.54. The number of nitrogens with zero attached hydrogens (tertiary/aromatic N) is 5. The molecule has 1 N–H and O–H groups in total. The van der Waals surface area contributed by atoms with Crippen molar-refractivity contribution in [1.29, 1.82) is 0 Å². The molecule has 0 aliphatic heterocycles. The minimum Gasteiger partial charge on any atom is -0.466 e. The lowest BCUT2D eigenvalue weighted by molar-refractivity contribution is 0.0937. The minimum absolute atomic E-state index is 0.0479. The van der Waals surface area contributed by atoms with Crippen molar-refractivity contribution in [2.75, 3.05) is 13.4 Å². The van der Waals surface area contributed by atoms with Crippen molar-refractivity contribution >= 4 is 38.9 Å². The molecular weight excluding hydrogens is 455 g/mol.